The summed E-state index contributed by atoms with van der Waals surface area (Å²) in [7, 11) is 0. The van der Waals surface area contributed by atoms with E-state index in [1.807, 2.05) is 48.5 Å². The molecule has 5 nitrogen and oxygen atoms in total. The predicted molar refractivity (Wildman–Crippen MR) is 120 cm³/mol. The molecule has 2 aromatic rings. The molecule has 0 radical (unpaired) electrons. The number of ketones is 1. The molecule has 1 saturated heterocycles. The van der Waals surface area contributed by atoms with E-state index in [1.54, 1.807) is 4.90 Å². The normalized spacial score (nSPS) is 16.0. The van der Waals surface area contributed by atoms with Crippen molar-refractivity contribution < 1.29 is 22.8 Å². The minimum atomic E-state index is -4.94. The van der Waals surface area contributed by atoms with Gasteiger partial charge in [0.1, 0.15) is 6.04 Å². The van der Waals surface area contributed by atoms with Crippen molar-refractivity contribution in [1.82, 2.24) is 15.1 Å². The minimum Gasteiger partial charge on any atom is -0.379 e. The molecule has 1 amide bonds. The molecule has 0 aliphatic carbocycles. The average molecular weight is 460 g/mol. The summed E-state index contributed by atoms with van der Waals surface area (Å²) in [6.07, 6.45) is -2.35. The Balaban J connectivity index is 1.57. The van der Waals surface area contributed by atoms with Crippen molar-refractivity contribution in [2.75, 3.05) is 32.7 Å². The number of carbonyl (C=O) groups excluding carboxylic acids is 2. The van der Waals surface area contributed by atoms with Crippen molar-refractivity contribution >= 4 is 11.7 Å². The maximum atomic E-state index is 13.2. The summed E-state index contributed by atoms with van der Waals surface area (Å²) >= 11 is 0. The van der Waals surface area contributed by atoms with Gasteiger partial charge in [-0.15, -0.1) is 0 Å². The molecule has 176 valence electrons. The van der Waals surface area contributed by atoms with Crippen LogP contribution in [0.25, 0.3) is 0 Å². The molecule has 0 spiro atoms. The second-order valence-electron chi connectivity index (χ2n) is 8.01. The van der Waals surface area contributed by atoms with Crippen molar-refractivity contribution in [3.8, 4) is 0 Å². The number of benzene rings is 2. The van der Waals surface area contributed by atoms with Crippen molar-refractivity contribution in [1.29, 1.82) is 0 Å². The highest BCUT2D eigenvalue weighted by Gasteiger charge is 2.36. The van der Waals surface area contributed by atoms with Gasteiger partial charge in [0.15, 0.2) is 0 Å². The molecule has 1 atom stereocenters. The van der Waals surface area contributed by atoms with Crippen molar-refractivity contribution in [2.24, 2.45) is 0 Å². The lowest BCUT2D eigenvalue weighted by atomic mass is 10.0. The molecule has 0 bridgehead atoms. The summed E-state index contributed by atoms with van der Waals surface area (Å²) in [5.74, 6) is -2.15. The van der Waals surface area contributed by atoms with Gasteiger partial charge < -0.3 is 10.2 Å². The van der Waals surface area contributed by atoms with Crippen LogP contribution in [-0.2, 0) is 22.4 Å². The number of allylic oxidation sites excluding steroid dienone is 1. The zero-order valence-electron chi connectivity index (χ0n) is 18.3. The van der Waals surface area contributed by atoms with Crippen LogP contribution in [0.5, 0.6) is 0 Å². The van der Waals surface area contributed by atoms with Crippen LogP contribution in [0.2, 0.25) is 0 Å². The molecule has 0 aromatic heterocycles. The van der Waals surface area contributed by atoms with Gasteiger partial charge in [-0.25, -0.2) is 0 Å². The molecule has 33 heavy (non-hydrogen) atoms. The highest BCUT2D eigenvalue weighted by Crippen LogP contribution is 2.16. The molecule has 0 saturated carbocycles. The highest BCUT2D eigenvalue weighted by atomic mass is 19.4. The Morgan fingerprint density at radius 3 is 2.06 bits per heavy atom. The van der Waals surface area contributed by atoms with Crippen LogP contribution in [0.1, 0.15) is 11.1 Å². The van der Waals surface area contributed by atoms with Crippen molar-refractivity contribution in [2.45, 2.75) is 25.1 Å². The third kappa shape index (κ3) is 7.75. The van der Waals surface area contributed by atoms with E-state index in [2.05, 4.69) is 22.3 Å². The van der Waals surface area contributed by atoms with Gasteiger partial charge in [0, 0.05) is 51.4 Å². The van der Waals surface area contributed by atoms with E-state index < -0.39 is 18.0 Å². The second kappa shape index (κ2) is 11.7. The largest absolute Gasteiger partial charge is 0.454 e. The molecule has 8 heteroatoms. The summed E-state index contributed by atoms with van der Waals surface area (Å²) in [4.78, 5) is 28.3. The molecular formula is C25H28F3N3O2. The summed E-state index contributed by atoms with van der Waals surface area (Å²) in [6.45, 7) is 3.47. The number of piperazine rings is 1. The first-order valence-electron chi connectivity index (χ1n) is 11.0. The Morgan fingerprint density at radius 1 is 0.909 bits per heavy atom. The summed E-state index contributed by atoms with van der Waals surface area (Å²) in [6, 6.07) is 18.7. The van der Waals surface area contributed by atoms with E-state index in [4.69, 9.17) is 0 Å². The minimum absolute atomic E-state index is 0.189. The van der Waals surface area contributed by atoms with Gasteiger partial charge in [0.2, 0.25) is 5.91 Å². The monoisotopic (exact) mass is 459 g/mol. The van der Waals surface area contributed by atoms with Gasteiger partial charge in [-0.1, -0.05) is 60.7 Å². The van der Waals surface area contributed by atoms with Crippen molar-refractivity contribution in [3.05, 3.63) is 84.1 Å². The molecular weight excluding hydrogens is 431 g/mol. The molecule has 1 aliphatic heterocycles. The average Bonchev–Trinajstić information content (AvgIpc) is 2.82. The fourth-order valence-electron chi connectivity index (χ4n) is 3.75. The summed E-state index contributed by atoms with van der Waals surface area (Å²) in [5.41, 5.74) is 2.14. The van der Waals surface area contributed by atoms with Gasteiger partial charge in [-0.2, -0.15) is 13.2 Å². The number of amides is 1. The highest BCUT2D eigenvalue weighted by molar-refractivity contribution is 5.94. The van der Waals surface area contributed by atoms with Gasteiger partial charge in [-0.3, -0.25) is 14.5 Å². The standard InChI is InChI=1S/C25H28F3N3O2/c26-25(27,28)23(32)11-13-29-22(19-21-9-5-2-6-10-21)24(33)31-17-15-30(16-18-31)14-12-20-7-3-1-4-8-20/h1-11,13,22,29H,12,14-19H2/b13-11+. The molecule has 1 unspecified atom stereocenters. The second-order valence-corrected chi connectivity index (χ2v) is 8.01. The van der Waals surface area contributed by atoms with E-state index in [9.17, 15) is 22.8 Å². The van der Waals surface area contributed by atoms with Crippen molar-refractivity contribution in [3.63, 3.8) is 0 Å². The molecule has 1 fully saturated rings. The van der Waals surface area contributed by atoms with E-state index >= 15 is 0 Å². The molecule has 2 aromatic carbocycles. The van der Waals surface area contributed by atoms with Crippen LogP contribution in [0.3, 0.4) is 0 Å². The van der Waals surface area contributed by atoms with E-state index in [0.29, 0.717) is 25.6 Å². The van der Waals surface area contributed by atoms with E-state index in [-0.39, 0.29) is 5.91 Å². The number of halogens is 3. The Hall–Kier alpha value is -3.13. The maximum absolute atomic E-state index is 13.2. The van der Waals surface area contributed by atoms with Crippen LogP contribution < -0.4 is 5.32 Å². The lowest BCUT2D eigenvalue weighted by Crippen LogP contribution is -2.54. The topological polar surface area (TPSA) is 52.7 Å². The van der Waals surface area contributed by atoms with Crippen LogP contribution in [-0.4, -0.2) is 66.4 Å². The number of carbonyl (C=O) groups is 2. The fourth-order valence-corrected chi connectivity index (χ4v) is 3.75. The number of alkyl halides is 3. The van der Waals surface area contributed by atoms with Gasteiger partial charge in [0.05, 0.1) is 0 Å². The number of nitrogens with one attached hydrogen (secondary N) is 1. The van der Waals surface area contributed by atoms with Gasteiger partial charge in [0.25, 0.3) is 5.78 Å². The number of nitrogens with zero attached hydrogens (tertiary/aromatic N) is 2. The van der Waals surface area contributed by atoms with Crippen LogP contribution in [0.4, 0.5) is 13.2 Å². The zero-order chi connectivity index (χ0) is 23.7. The number of hydrogen-bond acceptors (Lipinski definition) is 4. The Labute approximate surface area is 191 Å². The van der Waals surface area contributed by atoms with Crippen LogP contribution in [0, 0.1) is 0 Å². The van der Waals surface area contributed by atoms with Crippen LogP contribution in [0.15, 0.2) is 72.9 Å². The lowest BCUT2D eigenvalue weighted by Gasteiger charge is -2.36. The van der Waals surface area contributed by atoms with Gasteiger partial charge >= 0.3 is 6.18 Å². The summed E-state index contributed by atoms with van der Waals surface area (Å²) in [5, 5.41) is 2.72. The zero-order valence-corrected chi connectivity index (χ0v) is 18.3. The quantitative estimate of drug-likeness (QED) is 0.585. The fraction of sp³-hybridized carbons (Fsp3) is 0.360. The Kier molecular flexibility index (Phi) is 8.65. The summed E-state index contributed by atoms with van der Waals surface area (Å²) < 4.78 is 37.4. The number of rotatable bonds is 9. The first-order valence-corrected chi connectivity index (χ1v) is 11.0. The molecule has 1 N–H and O–H groups in total. The predicted octanol–water partition coefficient (Wildman–Crippen LogP) is 3.22. The third-order valence-electron chi connectivity index (χ3n) is 5.64. The van der Waals surface area contributed by atoms with E-state index in [1.165, 1.54) is 5.56 Å². The number of hydrogen-bond donors (Lipinski definition) is 1. The lowest BCUT2D eigenvalue weighted by molar-refractivity contribution is -0.165. The van der Waals surface area contributed by atoms with Crippen LogP contribution >= 0.6 is 0 Å². The Bertz CT molecular complexity index is 925. The maximum Gasteiger partial charge on any atom is 0.454 e. The molecule has 1 heterocycles. The smallest absolute Gasteiger partial charge is 0.379 e. The van der Waals surface area contributed by atoms with E-state index in [0.717, 1.165) is 37.8 Å². The third-order valence-corrected chi connectivity index (χ3v) is 5.64. The SMILES string of the molecule is O=C(C(Cc1ccccc1)N/C=C/C(=O)C(F)(F)F)N1CCN(CCc2ccccc2)CC1. The molecule has 1 aliphatic rings. The molecule has 3 rings (SSSR count). The van der Waals surface area contributed by atoms with Gasteiger partial charge in [-0.05, 0) is 17.5 Å². The first-order chi connectivity index (χ1) is 15.8. The first kappa shape index (κ1) is 24.5. The Morgan fingerprint density at radius 2 is 1.48 bits per heavy atom.